The molecule has 0 spiro atoms. The van der Waals surface area contributed by atoms with Gasteiger partial charge in [-0.2, -0.15) is 0 Å². The largest absolute Gasteiger partial charge is 0.295 e. The lowest BCUT2D eigenvalue weighted by atomic mass is 9.81. The van der Waals surface area contributed by atoms with Gasteiger partial charge in [-0.1, -0.05) is 154 Å². The van der Waals surface area contributed by atoms with Crippen molar-refractivity contribution in [2.45, 2.75) is 98.3 Å². The highest BCUT2D eigenvalue weighted by Gasteiger charge is 2.39. The number of hydrogen-bond donors (Lipinski definition) is 0. The molecule has 0 radical (unpaired) electrons. The van der Waals surface area contributed by atoms with Crippen LogP contribution in [0, 0.1) is 0 Å². The molecular weight excluding hydrogens is 1060 g/mol. The van der Waals surface area contributed by atoms with Crippen molar-refractivity contribution in [3.8, 4) is 11.1 Å². The molecule has 1 aliphatic carbocycles. The van der Waals surface area contributed by atoms with Crippen LogP contribution in [0.4, 0.5) is 68.8 Å². The maximum Gasteiger partial charge on any atom is 0.137 e. The highest BCUT2D eigenvalue weighted by Crippen LogP contribution is 2.58. The standard InChI is InChI=1S/C79H74N8/c1-51(2)55-23-31-59(32-24-55)84(73-19-11-15-43-80-73)63-40-42-66-68(47-63)78(87(76-22-14-18-46-83-76)62-37-29-58(30-38-62)54(7)8)69-49-67-65-41-39-64(85(74-20-12-16-44-81-74)60-33-25-56(26-34-60)52(3)4)48-71(65)79(9,10)72(67)50-70(69)77(66)86(75-21-13-17-45-82-75)61-35-27-57(28-36-61)53(5)6/h11-54H,1-10H3. The van der Waals surface area contributed by atoms with E-state index < -0.39 is 5.41 Å². The molecule has 13 rings (SSSR count). The summed E-state index contributed by atoms with van der Waals surface area (Å²) in [5.41, 5.74) is 17.6. The summed E-state index contributed by atoms with van der Waals surface area (Å²) in [6.45, 7) is 22.8. The normalized spacial score (nSPS) is 12.5. The van der Waals surface area contributed by atoms with Crippen molar-refractivity contribution < 1.29 is 0 Å². The van der Waals surface area contributed by atoms with Gasteiger partial charge in [-0.3, -0.25) is 19.6 Å². The van der Waals surface area contributed by atoms with Crippen molar-refractivity contribution in [1.29, 1.82) is 0 Å². The number of benzene rings is 8. The van der Waals surface area contributed by atoms with Crippen LogP contribution in [0.1, 0.15) is 126 Å². The maximum absolute atomic E-state index is 5.25. The van der Waals surface area contributed by atoms with Crippen molar-refractivity contribution in [2.24, 2.45) is 0 Å². The van der Waals surface area contributed by atoms with Crippen LogP contribution in [0.15, 0.2) is 243 Å². The van der Waals surface area contributed by atoms with Crippen molar-refractivity contribution in [2.75, 3.05) is 19.6 Å². The van der Waals surface area contributed by atoms with Crippen molar-refractivity contribution in [3.05, 3.63) is 277 Å². The highest BCUT2D eigenvalue weighted by atomic mass is 15.2. The van der Waals surface area contributed by atoms with E-state index in [0.29, 0.717) is 23.7 Å². The molecule has 1 aliphatic rings. The third-order valence-electron chi connectivity index (χ3n) is 17.6. The van der Waals surface area contributed by atoms with Gasteiger partial charge in [0.25, 0.3) is 0 Å². The minimum atomic E-state index is -0.446. The zero-order valence-electron chi connectivity index (χ0n) is 51.5. The first-order valence-electron chi connectivity index (χ1n) is 30.7. The summed E-state index contributed by atoms with van der Waals surface area (Å²) in [6, 6.07) is 79.8. The molecule has 0 aliphatic heterocycles. The smallest absolute Gasteiger partial charge is 0.137 e. The van der Waals surface area contributed by atoms with Gasteiger partial charge >= 0.3 is 0 Å². The number of rotatable bonds is 16. The van der Waals surface area contributed by atoms with E-state index in [0.717, 1.165) is 90.3 Å². The molecule has 0 bridgehead atoms. The molecule has 0 saturated carbocycles. The zero-order chi connectivity index (χ0) is 60.1. The molecule has 8 nitrogen and oxygen atoms in total. The molecule has 12 aromatic rings. The molecule has 0 fully saturated rings. The molecule has 4 heterocycles. The number of nitrogens with zero attached hydrogens (tertiary/aromatic N) is 8. The lowest BCUT2D eigenvalue weighted by Gasteiger charge is -2.33. The molecule has 0 N–H and O–H groups in total. The highest BCUT2D eigenvalue weighted by molar-refractivity contribution is 6.25. The topological polar surface area (TPSA) is 64.5 Å². The number of pyridine rings is 4. The molecule has 0 unspecified atom stereocenters. The van der Waals surface area contributed by atoms with Gasteiger partial charge in [0.05, 0.1) is 11.4 Å². The van der Waals surface area contributed by atoms with Crippen molar-refractivity contribution in [3.63, 3.8) is 0 Å². The van der Waals surface area contributed by atoms with Gasteiger partial charge in [0.2, 0.25) is 0 Å². The predicted octanol–water partition coefficient (Wildman–Crippen LogP) is 22.3. The number of hydrogen-bond acceptors (Lipinski definition) is 8. The fourth-order valence-electron chi connectivity index (χ4n) is 12.7. The second-order valence-electron chi connectivity index (χ2n) is 24.8. The van der Waals surface area contributed by atoms with E-state index in [4.69, 9.17) is 19.9 Å². The fraction of sp³-hybridized carbons (Fsp3) is 0.190. The van der Waals surface area contributed by atoms with E-state index in [1.54, 1.807) is 0 Å². The number of aromatic nitrogens is 4. The SMILES string of the molecule is CC(C)c1ccc(N(c2ccc3c(c2)C(C)(C)c2cc4c(N(c5ccc(C(C)C)cc5)c5ccccn5)c5ccc(N(c6ccc(C(C)C)cc6)c6ccccn6)cc5c(N(c5ccc(C(C)C)cc5)c5ccccn5)c4cc2-3)c2ccccn2)cc1. The first kappa shape index (κ1) is 56.2. The van der Waals surface area contributed by atoms with E-state index in [-0.39, 0.29) is 0 Å². The molecule has 0 saturated heterocycles. The molecular formula is C79H74N8. The van der Waals surface area contributed by atoms with Crippen LogP contribution in [-0.4, -0.2) is 19.9 Å². The molecule has 8 heteroatoms. The third kappa shape index (κ3) is 10.4. The van der Waals surface area contributed by atoms with Crippen LogP contribution in [-0.2, 0) is 5.41 Å². The molecule has 430 valence electrons. The van der Waals surface area contributed by atoms with Gasteiger partial charge in [-0.05, 0) is 202 Å². The Hall–Kier alpha value is -9.92. The summed E-state index contributed by atoms with van der Waals surface area (Å²) in [4.78, 5) is 29.8. The summed E-state index contributed by atoms with van der Waals surface area (Å²) in [6.07, 6.45) is 7.57. The summed E-state index contributed by atoms with van der Waals surface area (Å²) in [5.74, 6) is 4.77. The lowest BCUT2D eigenvalue weighted by molar-refractivity contribution is 0.661. The zero-order valence-corrected chi connectivity index (χ0v) is 51.5. The Morgan fingerprint density at radius 2 is 0.586 bits per heavy atom. The molecule has 87 heavy (non-hydrogen) atoms. The number of fused-ring (bicyclic) bond motifs is 5. The van der Waals surface area contributed by atoms with Gasteiger partial charge < -0.3 is 0 Å². The Bertz CT molecular complexity index is 4390. The Morgan fingerprint density at radius 3 is 0.966 bits per heavy atom. The summed E-state index contributed by atoms with van der Waals surface area (Å²) in [7, 11) is 0. The second kappa shape index (κ2) is 23.2. The lowest BCUT2D eigenvalue weighted by Crippen LogP contribution is -2.18. The molecule has 4 aromatic heterocycles. The van der Waals surface area contributed by atoms with Crippen LogP contribution >= 0.6 is 0 Å². The third-order valence-corrected chi connectivity index (χ3v) is 17.6. The summed E-state index contributed by atoms with van der Waals surface area (Å²) < 4.78 is 0. The fourth-order valence-corrected chi connectivity index (χ4v) is 12.7. The Labute approximate surface area is 513 Å². The van der Waals surface area contributed by atoms with Gasteiger partial charge in [0, 0.05) is 85.9 Å². The van der Waals surface area contributed by atoms with Gasteiger partial charge in [0.15, 0.2) is 0 Å². The second-order valence-corrected chi connectivity index (χ2v) is 24.8. The van der Waals surface area contributed by atoms with Crippen LogP contribution in [0.25, 0.3) is 32.7 Å². The summed E-state index contributed by atoms with van der Waals surface area (Å²) >= 11 is 0. The van der Waals surface area contributed by atoms with E-state index >= 15 is 0 Å². The summed E-state index contributed by atoms with van der Waals surface area (Å²) in [5, 5.41) is 4.20. The predicted molar refractivity (Wildman–Crippen MR) is 365 cm³/mol. The minimum Gasteiger partial charge on any atom is -0.295 e. The van der Waals surface area contributed by atoms with Crippen LogP contribution in [0.5, 0.6) is 0 Å². The number of anilines is 12. The Balaban J connectivity index is 1.16. The van der Waals surface area contributed by atoms with Crippen LogP contribution in [0.2, 0.25) is 0 Å². The first-order valence-corrected chi connectivity index (χ1v) is 30.7. The van der Waals surface area contributed by atoms with Crippen molar-refractivity contribution >= 4 is 90.3 Å². The Kier molecular flexibility index (Phi) is 15.0. The average Bonchev–Trinajstić information content (AvgIpc) is 1.74. The van der Waals surface area contributed by atoms with Crippen LogP contribution < -0.4 is 19.6 Å². The van der Waals surface area contributed by atoms with E-state index in [1.165, 1.54) is 44.5 Å². The Morgan fingerprint density at radius 1 is 0.276 bits per heavy atom. The molecule has 8 aromatic carbocycles. The van der Waals surface area contributed by atoms with Gasteiger partial charge in [-0.15, -0.1) is 0 Å². The van der Waals surface area contributed by atoms with Gasteiger partial charge in [0.1, 0.15) is 23.3 Å². The monoisotopic (exact) mass is 1130 g/mol. The molecule has 0 amide bonds. The van der Waals surface area contributed by atoms with Crippen molar-refractivity contribution in [1.82, 2.24) is 19.9 Å². The van der Waals surface area contributed by atoms with Gasteiger partial charge in [-0.25, -0.2) is 19.9 Å². The van der Waals surface area contributed by atoms with Crippen LogP contribution in [0.3, 0.4) is 0 Å². The quantitative estimate of drug-likeness (QED) is 0.0700. The van der Waals surface area contributed by atoms with E-state index in [2.05, 4.69) is 283 Å². The minimum absolute atomic E-state index is 0.346. The molecule has 0 atom stereocenters. The average molecular weight is 1140 g/mol. The van der Waals surface area contributed by atoms with E-state index in [9.17, 15) is 0 Å². The van der Waals surface area contributed by atoms with E-state index in [1.807, 2.05) is 49.1 Å². The maximum atomic E-state index is 5.25. The first-order chi connectivity index (χ1) is 42.2.